The Balaban J connectivity index is 1.74. The maximum atomic E-state index is 12.9. The summed E-state index contributed by atoms with van der Waals surface area (Å²) in [6, 6.07) is 3.20. The molecule has 2 heterocycles. The van der Waals surface area contributed by atoms with E-state index >= 15 is 0 Å². The highest BCUT2D eigenvalue weighted by Crippen LogP contribution is 2.36. The molecule has 2 aliphatic rings. The van der Waals surface area contributed by atoms with Crippen molar-refractivity contribution in [1.29, 1.82) is 0 Å². The largest absolute Gasteiger partial charge is 0.397 e. The minimum atomic E-state index is -2.54. The van der Waals surface area contributed by atoms with Crippen molar-refractivity contribution in [2.75, 3.05) is 50.0 Å². The van der Waals surface area contributed by atoms with E-state index in [9.17, 15) is 8.78 Å². The second-order valence-corrected chi connectivity index (χ2v) is 5.84. The molecule has 0 amide bonds. The molecule has 0 unspecified atom stereocenters. The summed E-state index contributed by atoms with van der Waals surface area (Å²) < 4.78 is 31.0. The number of piperazine rings is 1. The van der Waals surface area contributed by atoms with Crippen LogP contribution in [0.1, 0.15) is 12.0 Å². The zero-order valence-electron chi connectivity index (χ0n) is 11.6. The molecule has 0 aromatic heterocycles. The summed E-state index contributed by atoms with van der Waals surface area (Å²) in [4.78, 5) is 4.40. The van der Waals surface area contributed by atoms with E-state index in [0.29, 0.717) is 16.8 Å². The standard InChI is InChI=1S/C14H18ClF2N3O/c15-13-11(18)5-9(14(16)17)6-12(13)20-3-1-19(2-4-20)10-7-21-8-10/h5-6,10,14H,1-4,7-8,18H2. The summed E-state index contributed by atoms with van der Waals surface area (Å²) in [7, 11) is 0. The molecule has 2 aliphatic heterocycles. The van der Waals surface area contributed by atoms with E-state index in [-0.39, 0.29) is 11.3 Å². The summed E-state index contributed by atoms with van der Waals surface area (Å²) in [5.41, 5.74) is 6.49. The Morgan fingerprint density at radius 1 is 1.19 bits per heavy atom. The van der Waals surface area contributed by atoms with Crippen LogP contribution in [0.2, 0.25) is 5.02 Å². The van der Waals surface area contributed by atoms with Crippen LogP contribution in [0.3, 0.4) is 0 Å². The number of anilines is 2. The number of nitrogen functional groups attached to an aromatic ring is 1. The fourth-order valence-electron chi connectivity index (χ4n) is 2.77. The number of benzene rings is 1. The topological polar surface area (TPSA) is 41.7 Å². The van der Waals surface area contributed by atoms with Crippen molar-refractivity contribution < 1.29 is 13.5 Å². The van der Waals surface area contributed by atoms with Crippen molar-refractivity contribution in [3.63, 3.8) is 0 Å². The van der Waals surface area contributed by atoms with Gasteiger partial charge in [0.1, 0.15) is 0 Å². The third-order valence-electron chi connectivity index (χ3n) is 4.15. The number of rotatable bonds is 3. The highest BCUT2D eigenvalue weighted by molar-refractivity contribution is 6.35. The van der Waals surface area contributed by atoms with Gasteiger partial charge in [-0.15, -0.1) is 0 Å². The molecule has 116 valence electrons. The van der Waals surface area contributed by atoms with E-state index in [4.69, 9.17) is 22.1 Å². The summed E-state index contributed by atoms with van der Waals surface area (Å²) in [6.45, 7) is 4.83. The molecule has 2 saturated heterocycles. The van der Waals surface area contributed by atoms with Crippen molar-refractivity contribution in [2.45, 2.75) is 12.5 Å². The van der Waals surface area contributed by atoms with Gasteiger partial charge in [0.05, 0.1) is 35.7 Å². The summed E-state index contributed by atoms with van der Waals surface area (Å²) >= 11 is 6.20. The van der Waals surface area contributed by atoms with Gasteiger partial charge in [-0.05, 0) is 12.1 Å². The van der Waals surface area contributed by atoms with Gasteiger partial charge in [0, 0.05) is 31.7 Å². The Bertz CT molecular complexity index is 517. The first-order valence-corrected chi connectivity index (χ1v) is 7.38. The summed E-state index contributed by atoms with van der Waals surface area (Å²) in [6.07, 6.45) is -2.54. The maximum absolute atomic E-state index is 12.9. The van der Waals surface area contributed by atoms with E-state index in [2.05, 4.69) is 4.90 Å². The zero-order chi connectivity index (χ0) is 15.0. The van der Waals surface area contributed by atoms with Crippen LogP contribution in [-0.4, -0.2) is 50.3 Å². The fourth-order valence-corrected chi connectivity index (χ4v) is 3.00. The normalized spacial score (nSPS) is 20.9. The Hall–Kier alpha value is -1.11. The molecule has 0 aliphatic carbocycles. The SMILES string of the molecule is Nc1cc(C(F)F)cc(N2CCN(C3COC3)CC2)c1Cl. The number of nitrogens with two attached hydrogens (primary N) is 1. The Labute approximate surface area is 127 Å². The molecule has 4 nitrogen and oxygen atoms in total. The highest BCUT2D eigenvalue weighted by atomic mass is 35.5. The quantitative estimate of drug-likeness (QED) is 0.869. The molecule has 2 fully saturated rings. The van der Waals surface area contributed by atoms with Crippen LogP contribution in [0.25, 0.3) is 0 Å². The van der Waals surface area contributed by atoms with Crippen LogP contribution in [0, 0.1) is 0 Å². The smallest absolute Gasteiger partial charge is 0.264 e. The van der Waals surface area contributed by atoms with Crippen LogP contribution >= 0.6 is 11.6 Å². The number of ether oxygens (including phenoxy) is 1. The first kappa shape index (κ1) is 14.8. The van der Waals surface area contributed by atoms with Gasteiger partial charge in [-0.3, -0.25) is 4.90 Å². The number of nitrogens with zero attached hydrogens (tertiary/aromatic N) is 2. The maximum Gasteiger partial charge on any atom is 0.264 e. The first-order valence-electron chi connectivity index (χ1n) is 7.00. The van der Waals surface area contributed by atoms with Crippen molar-refractivity contribution in [1.82, 2.24) is 4.90 Å². The molecule has 21 heavy (non-hydrogen) atoms. The molecule has 0 radical (unpaired) electrons. The fraction of sp³-hybridized carbons (Fsp3) is 0.571. The van der Waals surface area contributed by atoms with Gasteiger partial charge in [-0.2, -0.15) is 0 Å². The molecular formula is C14H18ClF2N3O. The van der Waals surface area contributed by atoms with Gasteiger partial charge in [0.2, 0.25) is 0 Å². The van der Waals surface area contributed by atoms with Crippen molar-refractivity contribution in [2.24, 2.45) is 0 Å². The lowest BCUT2D eigenvalue weighted by Gasteiger charge is -2.43. The monoisotopic (exact) mass is 317 g/mol. The van der Waals surface area contributed by atoms with E-state index < -0.39 is 6.43 Å². The summed E-state index contributed by atoms with van der Waals surface area (Å²) in [5.74, 6) is 0. The predicted octanol–water partition coefficient (Wildman–Crippen LogP) is 2.38. The Morgan fingerprint density at radius 3 is 2.38 bits per heavy atom. The molecule has 0 bridgehead atoms. The average molecular weight is 318 g/mol. The van der Waals surface area contributed by atoms with E-state index in [1.165, 1.54) is 12.1 Å². The Kier molecular flexibility index (Phi) is 4.19. The lowest BCUT2D eigenvalue weighted by atomic mass is 10.1. The van der Waals surface area contributed by atoms with Gasteiger partial charge in [-0.1, -0.05) is 11.6 Å². The highest BCUT2D eigenvalue weighted by Gasteiger charge is 2.29. The van der Waals surface area contributed by atoms with E-state index in [1.54, 1.807) is 0 Å². The van der Waals surface area contributed by atoms with Crippen LogP contribution in [0.15, 0.2) is 12.1 Å². The van der Waals surface area contributed by atoms with Crippen LogP contribution in [0.5, 0.6) is 0 Å². The molecule has 1 aromatic rings. The van der Waals surface area contributed by atoms with Gasteiger partial charge < -0.3 is 15.4 Å². The molecule has 0 spiro atoms. The van der Waals surface area contributed by atoms with Crippen molar-refractivity contribution in [3.05, 3.63) is 22.7 Å². The summed E-state index contributed by atoms with van der Waals surface area (Å²) in [5, 5.41) is 0.361. The molecule has 3 rings (SSSR count). The first-order chi connectivity index (χ1) is 10.1. The third kappa shape index (κ3) is 2.93. The molecule has 7 heteroatoms. The predicted molar refractivity (Wildman–Crippen MR) is 79.2 cm³/mol. The molecule has 0 atom stereocenters. The van der Waals surface area contributed by atoms with Gasteiger partial charge in [0.25, 0.3) is 6.43 Å². The second kappa shape index (κ2) is 5.94. The van der Waals surface area contributed by atoms with Crippen LogP contribution in [-0.2, 0) is 4.74 Å². The molecule has 2 N–H and O–H groups in total. The van der Waals surface area contributed by atoms with Crippen molar-refractivity contribution in [3.8, 4) is 0 Å². The number of hydrogen-bond donors (Lipinski definition) is 1. The third-order valence-corrected chi connectivity index (χ3v) is 4.56. The second-order valence-electron chi connectivity index (χ2n) is 5.46. The number of hydrogen-bond acceptors (Lipinski definition) is 4. The van der Waals surface area contributed by atoms with Crippen molar-refractivity contribution >= 4 is 23.0 Å². The van der Waals surface area contributed by atoms with Crippen LogP contribution in [0.4, 0.5) is 20.2 Å². The van der Waals surface area contributed by atoms with Gasteiger partial charge in [-0.25, -0.2) is 8.78 Å². The lowest BCUT2D eigenvalue weighted by Crippen LogP contribution is -2.56. The lowest BCUT2D eigenvalue weighted by molar-refractivity contribution is -0.0660. The van der Waals surface area contributed by atoms with Crippen LogP contribution < -0.4 is 10.6 Å². The molecule has 0 saturated carbocycles. The zero-order valence-corrected chi connectivity index (χ0v) is 12.3. The van der Waals surface area contributed by atoms with E-state index in [1.807, 2.05) is 4.90 Å². The minimum absolute atomic E-state index is 0.0817. The minimum Gasteiger partial charge on any atom is -0.397 e. The molecule has 1 aromatic carbocycles. The molecular weight excluding hydrogens is 300 g/mol. The number of halogens is 3. The van der Waals surface area contributed by atoms with Gasteiger partial charge >= 0.3 is 0 Å². The number of alkyl halides is 2. The average Bonchev–Trinajstić information content (AvgIpc) is 2.40. The van der Waals surface area contributed by atoms with E-state index in [0.717, 1.165) is 39.4 Å². The Morgan fingerprint density at radius 2 is 1.86 bits per heavy atom. The van der Waals surface area contributed by atoms with Gasteiger partial charge in [0.15, 0.2) is 0 Å².